The maximum atomic E-state index is 12.8. The zero-order chi connectivity index (χ0) is 15.3. The molecule has 0 aliphatic carbocycles. The first-order valence-electron chi connectivity index (χ1n) is 4.83. The summed E-state index contributed by atoms with van der Waals surface area (Å²) < 4.78 is 91.8. The topological polar surface area (TPSA) is 71.1 Å². The summed E-state index contributed by atoms with van der Waals surface area (Å²) in [6.45, 7) is -1.49. The van der Waals surface area contributed by atoms with Gasteiger partial charge in [-0.3, -0.25) is 0 Å². The second-order valence-corrected chi connectivity index (χ2v) is 3.92. The van der Waals surface area contributed by atoms with Gasteiger partial charge in [-0.1, -0.05) is 0 Å². The van der Waals surface area contributed by atoms with Gasteiger partial charge >= 0.3 is 24.7 Å². The number of rotatable bonds is 0. The van der Waals surface area contributed by atoms with E-state index in [1.54, 1.807) is 0 Å². The minimum Gasteiger partial charge on any atom is -0.430 e. The van der Waals surface area contributed by atoms with Crippen molar-refractivity contribution in [3.05, 3.63) is 0 Å². The van der Waals surface area contributed by atoms with E-state index in [0.717, 1.165) is 0 Å². The maximum Gasteiger partial charge on any atom is 0.510 e. The van der Waals surface area contributed by atoms with Crippen LogP contribution in [0.5, 0.6) is 0 Å². The molecule has 2 rings (SSSR count). The molecule has 3 unspecified atom stereocenters. The lowest BCUT2D eigenvalue weighted by atomic mass is 9.89. The van der Waals surface area contributed by atoms with Crippen LogP contribution < -0.4 is 0 Å². The van der Waals surface area contributed by atoms with Crippen molar-refractivity contribution in [2.45, 2.75) is 30.2 Å². The monoisotopic (exact) mass is 310 g/mol. The van der Waals surface area contributed by atoms with Gasteiger partial charge in [-0.25, -0.2) is 9.59 Å². The fourth-order valence-electron chi connectivity index (χ4n) is 1.89. The first-order chi connectivity index (χ1) is 8.97. The molecule has 2 saturated heterocycles. The molecule has 0 amide bonds. The van der Waals surface area contributed by atoms with Gasteiger partial charge in [0.15, 0.2) is 0 Å². The van der Waals surface area contributed by atoms with E-state index in [4.69, 9.17) is 0 Å². The summed E-state index contributed by atoms with van der Waals surface area (Å²) in [5.74, 6) is 0. The van der Waals surface area contributed by atoms with Crippen molar-refractivity contribution in [2.24, 2.45) is 0 Å². The molecular weight excluding hydrogens is 306 g/mol. The quantitative estimate of drug-likeness (QED) is 0.503. The third kappa shape index (κ3) is 2.18. The van der Waals surface area contributed by atoms with E-state index in [9.17, 15) is 35.9 Å². The summed E-state index contributed by atoms with van der Waals surface area (Å²) >= 11 is 0. The van der Waals surface area contributed by atoms with Gasteiger partial charge in [-0.05, 0) is 0 Å². The predicted octanol–water partition coefficient (Wildman–Crippen LogP) is 1.92. The number of hydrogen-bond donors (Lipinski definition) is 0. The van der Waals surface area contributed by atoms with Gasteiger partial charge in [-0.2, -0.15) is 26.3 Å². The molecule has 20 heavy (non-hydrogen) atoms. The zero-order valence-electron chi connectivity index (χ0n) is 9.08. The first kappa shape index (κ1) is 14.5. The second-order valence-electron chi connectivity index (χ2n) is 3.92. The summed E-state index contributed by atoms with van der Waals surface area (Å²) in [4.78, 5) is 21.5. The molecule has 1 spiro atoms. The van der Waals surface area contributed by atoms with Gasteiger partial charge in [-0.15, -0.1) is 0 Å². The van der Waals surface area contributed by atoms with Gasteiger partial charge in [0.05, 0.1) is 0 Å². The Bertz CT molecular complexity index is 444. The highest BCUT2D eigenvalue weighted by Crippen LogP contribution is 2.47. The zero-order valence-corrected chi connectivity index (χ0v) is 9.08. The molecule has 0 bridgehead atoms. The molecule has 12 heteroatoms. The summed E-state index contributed by atoms with van der Waals surface area (Å²) in [5.41, 5.74) is -3.36. The van der Waals surface area contributed by atoms with Gasteiger partial charge in [0.1, 0.15) is 6.61 Å². The average Bonchev–Trinajstić information content (AvgIpc) is 2.58. The highest BCUT2D eigenvalue weighted by molar-refractivity contribution is 5.66. The molecule has 0 N–H and O–H groups in total. The lowest BCUT2D eigenvalue weighted by Crippen LogP contribution is -2.67. The average molecular weight is 310 g/mol. The standard InChI is InChI=1S/C8H4F6O6/c9-7(10,11)2-6(1-17-4(15)18-2)3(8(12,13)14)19-5(16)20-6/h2-3H,1H2. The number of hydrogen-bond acceptors (Lipinski definition) is 6. The molecule has 3 atom stereocenters. The van der Waals surface area contributed by atoms with Gasteiger partial charge in [0.2, 0.25) is 17.8 Å². The Morgan fingerprint density at radius 2 is 1.35 bits per heavy atom. The number of alkyl halides is 6. The van der Waals surface area contributed by atoms with Crippen LogP contribution in [0.2, 0.25) is 0 Å². The van der Waals surface area contributed by atoms with E-state index < -0.39 is 49.1 Å². The van der Waals surface area contributed by atoms with Crippen molar-refractivity contribution in [2.75, 3.05) is 6.61 Å². The van der Waals surface area contributed by atoms with Crippen LogP contribution in [0.25, 0.3) is 0 Å². The van der Waals surface area contributed by atoms with Crippen LogP contribution >= 0.6 is 0 Å². The highest BCUT2D eigenvalue weighted by Gasteiger charge is 2.75. The number of carbonyl (C=O) groups is 2. The molecule has 0 saturated carbocycles. The lowest BCUT2D eigenvalue weighted by molar-refractivity contribution is -0.311. The molecule has 0 aromatic carbocycles. The number of ether oxygens (including phenoxy) is 4. The third-order valence-corrected chi connectivity index (χ3v) is 2.60. The summed E-state index contributed by atoms with van der Waals surface area (Å²) in [5, 5.41) is 0. The Morgan fingerprint density at radius 3 is 1.80 bits per heavy atom. The Balaban J connectivity index is 2.47. The summed E-state index contributed by atoms with van der Waals surface area (Å²) in [6, 6.07) is 0. The molecule has 6 nitrogen and oxygen atoms in total. The number of halogens is 6. The van der Waals surface area contributed by atoms with E-state index in [2.05, 4.69) is 18.9 Å². The largest absolute Gasteiger partial charge is 0.510 e. The van der Waals surface area contributed by atoms with E-state index in [0.29, 0.717) is 0 Å². The van der Waals surface area contributed by atoms with Crippen LogP contribution in [0.4, 0.5) is 35.9 Å². The summed E-state index contributed by atoms with van der Waals surface area (Å²) in [6.07, 6.45) is -21.2. The van der Waals surface area contributed by atoms with E-state index >= 15 is 0 Å². The minimum atomic E-state index is -5.42. The third-order valence-electron chi connectivity index (χ3n) is 2.60. The van der Waals surface area contributed by atoms with Gasteiger partial charge in [0, 0.05) is 0 Å². The second kappa shape index (κ2) is 4.06. The van der Waals surface area contributed by atoms with Crippen molar-refractivity contribution >= 4 is 12.3 Å². The molecule has 2 aliphatic rings. The molecule has 0 radical (unpaired) electrons. The van der Waals surface area contributed by atoms with Crippen LogP contribution in [0.3, 0.4) is 0 Å². The van der Waals surface area contributed by atoms with Crippen LogP contribution in [0.15, 0.2) is 0 Å². The molecule has 0 aromatic rings. The van der Waals surface area contributed by atoms with Crippen LogP contribution in [-0.4, -0.2) is 49.1 Å². The highest BCUT2D eigenvalue weighted by atomic mass is 19.4. The van der Waals surface area contributed by atoms with Crippen molar-refractivity contribution < 1.29 is 54.9 Å². The fourth-order valence-corrected chi connectivity index (χ4v) is 1.89. The van der Waals surface area contributed by atoms with Crippen LogP contribution in [0, 0.1) is 0 Å². The Morgan fingerprint density at radius 1 is 0.900 bits per heavy atom. The SMILES string of the molecule is O=C1OCC2(OC(=O)OC2C(F)(F)F)C(C(F)(F)F)O1. The van der Waals surface area contributed by atoms with Crippen molar-refractivity contribution in [3.63, 3.8) is 0 Å². The van der Waals surface area contributed by atoms with Gasteiger partial charge in [0.25, 0.3) is 0 Å². The normalized spacial score (nSPS) is 34.3. The molecule has 0 aromatic heterocycles. The van der Waals surface area contributed by atoms with E-state index in [-0.39, 0.29) is 0 Å². The Kier molecular flexibility index (Phi) is 2.95. The minimum absolute atomic E-state index is 1.49. The van der Waals surface area contributed by atoms with Crippen molar-refractivity contribution in [1.29, 1.82) is 0 Å². The van der Waals surface area contributed by atoms with Crippen LogP contribution in [0.1, 0.15) is 0 Å². The Hall–Kier alpha value is -1.88. The fraction of sp³-hybridized carbons (Fsp3) is 0.750. The molecule has 2 aliphatic heterocycles. The number of cyclic esters (lactones) is 3. The maximum absolute atomic E-state index is 12.8. The first-order valence-corrected chi connectivity index (χ1v) is 4.83. The smallest absolute Gasteiger partial charge is 0.430 e. The van der Waals surface area contributed by atoms with Crippen molar-refractivity contribution in [1.82, 2.24) is 0 Å². The number of carbonyl (C=O) groups excluding carboxylic acids is 2. The van der Waals surface area contributed by atoms with Gasteiger partial charge < -0.3 is 18.9 Å². The molecule has 114 valence electrons. The van der Waals surface area contributed by atoms with Crippen LogP contribution in [-0.2, 0) is 18.9 Å². The summed E-state index contributed by atoms with van der Waals surface area (Å²) in [7, 11) is 0. The lowest BCUT2D eigenvalue weighted by Gasteiger charge is -2.40. The molecular formula is C8H4F6O6. The molecule has 2 heterocycles. The Labute approximate surface area is 105 Å². The van der Waals surface area contributed by atoms with E-state index in [1.807, 2.05) is 0 Å². The molecule has 2 fully saturated rings. The van der Waals surface area contributed by atoms with E-state index in [1.165, 1.54) is 0 Å². The predicted molar refractivity (Wildman–Crippen MR) is 42.4 cm³/mol. The van der Waals surface area contributed by atoms with Crippen molar-refractivity contribution in [3.8, 4) is 0 Å².